The predicted octanol–water partition coefficient (Wildman–Crippen LogP) is 2.84. The molecular weight excluding hydrogens is 276 g/mol. The normalized spacial score (nSPS) is 13.4. The molecule has 0 saturated carbocycles. The number of nitrogens with zero attached hydrogens (tertiary/aromatic N) is 1. The Morgan fingerprint density at radius 2 is 1.82 bits per heavy atom. The third kappa shape index (κ3) is 3.01. The molecule has 0 spiro atoms. The van der Waals surface area contributed by atoms with Crippen LogP contribution in [0.5, 0.6) is 0 Å². The number of carbonyl (C=O) groups excluding carboxylic acids is 2. The molecule has 0 aromatic heterocycles. The molecule has 2 aromatic carbocycles. The Bertz CT molecular complexity index is 725. The van der Waals surface area contributed by atoms with E-state index in [1.165, 1.54) is 18.1 Å². The van der Waals surface area contributed by atoms with E-state index in [1.54, 1.807) is 24.3 Å². The first-order valence-corrected chi connectivity index (χ1v) is 7.37. The van der Waals surface area contributed by atoms with E-state index >= 15 is 0 Å². The monoisotopic (exact) mass is 294 g/mol. The van der Waals surface area contributed by atoms with Crippen molar-refractivity contribution in [2.75, 3.05) is 11.9 Å². The minimum absolute atomic E-state index is 0.00158. The number of amides is 2. The summed E-state index contributed by atoms with van der Waals surface area (Å²) in [6.45, 7) is 2.82. The van der Waals surface area contributed by atoms with Gasteiger partial charge in [-0.25, -0.2) is 0 Å². The Balaban J connectivity index is 1.79. The fraction of sp³-hybridized carbons (Fsp3) is 0.222. The van der Waals surface area contributed by atoms with Crippen LogP contribution >= 0.6 is 0 Å². The molecule has 0 bridgehead atoms. The standard InChI is InChI=1S/C18H18N2O2/c1-13(21)19-17-8-4-7-15(11-17)18(22)20-10-9-14-5-2-3-6-16(14)12-20/h2-8,11H,9-10,12H2,1H3,(H,19,21). The van der Waals surface area contributed by atoms with Gasteiger partial charge >= 0.3 is 0 Å². The number of fused-ring (bicyclic) bond motifs is 1. The topological polar surface area (TPSA) is 49.4 Å². The second-order valence-electron chi connectivity index (χ2n) is 5.51. The average Bonchev–Trinajstić information content (AvgIpc) is 2.53. The Hall–Kier alpha value is -2.62. The van der Waals surface area contributed by atoms with Gasteiger partial charge in [0.1, 0.15) is 0 Å². The maximum atomic E-state index is 12.7. The molecule has 0 fully saturated rings. The number of anilines is 1. The Kier molecular flexibility index (Phi) is 3.92. The van der Waals surface area contributed by atoms with Gasteiger partial charge in [0, 0.05) is 31.3 Å². The van der Waals surface area contributed by atoms with E-state index in [0.717, 1.165) is 13.0 Å². The van der Waals surface area contributed by atoms with E-state index in [0.29, 0.717) is 17.8 Å². The zero-order valence-electron chi connectivity index (χ0n) is 12.5. The highest BCUT2D eigenvalue weighted by Gasteiger charge is 2.21. The predicted molar refractivity (Wildman–Crippen MR) is 85.6 cm³/mol. The summed E-state index contributed by atoms with van der Waals surface area (Å²) in [4.78, 5) is 25.6. The van der Waals surface area contributed by atoms with Crippen molar-refractivity contribution in [3.05, 3.63) is 65.2 Å². The largest absolute Gasteiger partial charge is 0.334 e. The van der Waals surface area contributed by atoms with Gasteiger partial charge in [0.05, 0.1) is 0 Å². The van der Waals surface area contributed by atoms with Crippen LogP contribution in [0.2, 0.25) is 0 Å². The number of benzene rings is 2. The van der Waals surface area contributed by atoms with Gasteiger partial charge in [0.25, 0.3) is 5.91 Å². The van der Waals surface area contributed by atoms with Crippen LogP contribution in [-0.4, -0.2) is 23.3 Å². The lowest BCUT2D eigenvalue weighted by molar-refractivity contribution is -0.114. The minimum atomic E-state index is -0.142. The summed E-state index contributed by atoms with van der Waals surface area (Å²) in [5.74, 6) is -0.141. The third-order valence-electron chi connectivity index (χ3n) is 3.85. The fourth-order valence-corrected chi connectivity index (χ4v) is 2.78. The van der Waals surface area contributed by atoms with Crippen molar-refractivity contribution >= 4 is 17.5 Å². The first kappa shape index (κ1) is 14.3. The van der Waals surface area contributed by atoms with E-state index in [9.17, 15) is 9.59 Å². The van der Waals surface area contributed by atoms with Crippen molar-refractivity contribution in [2.45, 2.75) is 19.9 Å². The van der Waals surface area contributed by atoms with Crippen LogP contribution in [0.25, 0.3) is 0 Å². The molecule has 0 atom stereocenters. The molecule has 2 amide bonds. The smallest absolute Gasteiger partial charge is 0.254 e. The highest BCUT2D eigenvalue weighted by atomic mass is 16.2. The molecule has 3 rings (SSSR count). The van der Waals surface area contributed by atoms with Gasteiger partial charge in [-0.3, -0.25) is 9.59 Å². The Labute approximate surface area is 129 Å². The molecule has 1 aliphatic heterocycles. The molecule has 4 heteroatoms. The number of hydrogen-bond donors (Lipinski definition) is 1. The van der Waals surface area contributed by atoms with E-state index in [1.807, 2.05) is 17.0 Å². The van der Waals surface area contributed by atoms with Gasteiger partial charge in [-0.05, 0) is 35.7 Å². The maximum Gasteiger partial charge on any atom is 0.254 e. The maximum absolute atomic E-state index is 12.7. The SMILES string of the molecule is CC(=O)Nc1cccc(C(=O)N2CCc3ccccc3C2)c1. The summed E-state index contributed by atoms with van der Waals surface area (Å²) in [7, 11) is 0. The van der Waals surface area contributed by atoms with Crippen LogP contribution < -0.4 is 5.32 Å². The van der Waals surface area contributed by atoms with Gasteiger partial charge in [-0.1, -0.05) is 30.3 Å². The lowest BCUT2D eigenvalue weighted by Crippen LogP contribution is -2.35. The summed E-state index contributed by atoms with van der Waals surface area (Å²) in [6.07, 6.45) is 0.882. The van der Waals surface area contributed by atoms with E-state index in [4.69, 9.17) is 0 Å². The summed E-state index contributed by atoms with van der Waals surface area (Å²) in [5.41, 5.74) is 3.78. The van der Waals surface area contributed by atoms with Gasteiger partial charge in [0.2, 0.25) is 5.91 Å². The quantitative estimate of drug-likeness (QED) is 0.926. The third-order valence-corrected chi connectivity index (χ3v) is 3.85. The van der Waals surface area contributed by atoms with Crippen molar-refractivity contribution < 1.29 is 9.59 Å². The first-order valence-electron chi connectivity index (χ1n) is 7.37. The van der Waals surface area contributed by atoms with Gasteiger partial charge in [-0.2, -0.15) is 0 Å². The van der Waals surface area contributed by atoms with Crippen LogP contribution in [0.3, 0.4) is 0 Å². The molecule has 4 nitrogen and oxygen atoms in total. The van der Waals surface area contributed by atoms with Crippen LogP contribution in [0.15, 0.2) is 48.5 Å². The molecule has 0 radical (unpaired) electrons. The zero-order valence-corrected chi connectivity index (χ0v) is 12.5. The molecule has 0 saturated heterocycles. The van der Waals surface area contributed by atoms with Crippen molar-refractivity contribution in [1.82, 2.24) is 4.90 Å². The summed E-state index contributed by atoms with van der Waals surface area (Å²) < 4.78 is 0. The Morgan fingerprint density at radius 3 is 2.59 bits per heavy atom. The second kappa shape index (κ2) is 6.02. The zero-order chi connectivity index (χ0) is 15.5. The molecule has 0 aliphatic carbocycles. The molecule has 1 aliphatic rings. The average molecular weight is 294 g/mol. The molecule has 1 N–H and O–H groups in total. The number of carbonyl (C=O) groups is 2. The first-order chi connectivity index (χ1) is 10.6. The van der Waals surface area contributed by atoms with Crippen LogP contribution in [0, 0.1) is 0 Å². The molecule has 0 unspecified atom stereocenters. The number of rotatable bonds is 2. The van der Waals surface area contributed by atoms with Crippen molar-refractivity contribution in [3.8, 4) is 0 Å². The highest BCUT2D eigenvalue weighted by molar-refractivity contribution is 5.96. The van der Waals surface area contributed by atoms with Crippen molar-refractivity contribution in [3.63, 3.8) is 0 Å². The van der Waals surface area contributed by atoms with Crippen molar-refractivity contribution in [1.29, 1.82) is 0 Å². The summed E-state index contributed by atoms with van der Waals surface area (Å²) >= 11 is 0. The van der Waals surface area contributed by atoms with E-state index < -0.39 is 0 Å². The van der Waals surface area contributed by atoms with E-state index in [2.05, 4.69) is 17.4 Å². The van der Waals surface area contributed by atoms with Crippen LogP contribution in [-0.2, 0) is 17.8 Å². The van der Waals surface area contributed by atoms with Gasteiger partial charge < -0.3 is 10.2 Å². The lowest BCUT2D eigenvalue weighted by atomic mass is 9.99. The van der Waals surface area contributed by atoms with Gasteiger partial charge in [0.15, 0.2) is 0 Å². The van der Waals surface area contributed by atoms with Crippen LogP contribution in [0.1, 0.15) is 28.4 Å². The molecule has 1 heterocycles. The molecular formula is C18H18N2O2. The van der Waals surface area contributed by atoms with Gasteiger partial charge in [-0.15, -0.1) is 0 Å². The number of hydrogen-bond acceptors (Lipinski definition) is 2. The molecule has 112 valence electrons. The highest BCUT2D eigenvalue weighted by Crippen LogP contribution is 2.21. The molecule has 22 heavy (non-hydrogen) atoms. The fourth-order valence-electron chi connectivity index (χ4n) is 2.78. The Morgan fingerprint density at radius 1 is 1.05 bits per heavy atom. The number of nitrogens with one attached hydrogen (secondary N) is 1. The minimum Gasteiger partial charge on any atom is -0.334 e. The van der Waals surface area contributed by atoms with Crippen LogP contribution in [0.4, 0.5) is 5.69 Å². The second-order valence-corrected chi connectivity index (χ2v) is 5.51. The molecule has 2 aromatic rings. The lowest BCUT2D eigenvalue weighted by Gasteiger charge is -2.29. The van der Waals surface area contributed by atoms with E-state index in [-0.39, 0.29) is 11.8 Å². The van der Waals surface area contributed by atoms with Crippen molar-refractivity contribution in [2.24, 2.45) is 0 Å². The summed E-state index contributed by atoms with van der Waals surface area (Å²) in [6, 6.07) is 15.3. The summed E-state index contributed by atoms with van der Waals surface area (Å²) in [5, 5.41) is 2.71.